The number of allylic oxidation sites excluding steroid dienone is 10. The minimum absolute atomic E-state index is 0.0663. The van der Waals surface area contributed by atoms with Crippen LogP contribution in [0.4, 0.5) is 0 Å². The Hall–Kier alpha value is -7.83. The second-order valence-corrected chi connectivity index (χ2v) is 14.5. The highest BCUT2D eigenvalue weighted by Crippen LogP contribution is 2.41. The zero-order valence-electron chi connectivity index (χ0n) is 32.8. The van der Waals surface area contributed by atoms with Gasteiger partial charge < -0.3 is 0 Å². The standard InChI is InChI=1S/C53H39N5O/c1-5-6-7-16-34(2)35(3)29-39(30-36(4)45-19-10-13-26-54-45)40-24-25-43-41-23-22-37(33-50(41)58-52(43)51(40)42-17-8-9-18-44(42)53(58)59)38-31-48(46-20-11-14-27-55-46)57-49(32-38)47-21-12-15-28-56-47/h5-33H,1,3H2,2,4H3/b7-6-,34-16+,36-30+,39-29+. The normalized spacial score (nSPS) is 12.7. The van der Waals surface area contributed by atoms with E-state index in [0.717, 1.165) is 100 Å². The van der Waals surface area contributed by atoms with Crippen LogP contribution in [0.2, 0.25) is 0 Å². The molecule has 0 radical (unpaired) electrons. The highest BCUT2D eigenvalue weighted by molar-refractivity contribution is 6.23. The first-order chi connectivity index (χ1) is 28.9. The van der Waals surface area contributed by atoms with Crippen LogP contribution < -0.4 is 5.56 Å². The molecule has 0 saturated carbocycles. The summed E-state index contributed by atoms with van der Waals surface area (Å²) in [7, 11) is 0. The van der Waals surface area contributed by atoms with Gasteiger partial charge in [-0.2, -0.15) is 0 Å². The van der Waals surface area contributed by atoms with Gasteiger partial charge in [-0.25, -0.2) is 4.98 Å². The van der Waals surface area contributed by atoms with Crippen molar-refractivity contribution in [1.29, 1.82) is 0 Å². The second-order valence-electron chi connectivity index (χ2n) is 14.5. The predicted octanol–water partition coefficient (Wildman–Crippen LogP) is 12.5. The Kier molecular flexibility index (Phi) is 9.73. The van der Waals surface area contributed by atoms with Gasteiger partial charge in [-0.15, -0.1) is 0 Å². The van der Waals surface area contributed by atoms with Crippen LogP contribution in [0.1, 0.15) is 25.1 Å². The van der Waals surface area contributed by atoms with E-state index in [1.165, 1.54) is 0 Å². The van der Waals surface area contributed by atoms with Crippen LogP contribution in [0.3, 0.4) is 0 Å². The van der Waals surface area contributed by atoms with E-state index in [9.17, 15) is 4.79 Å². The van der Waals surface area contributed by atoms with Crippen molar-refractivity contribution in [3.05, 3.63) is 222 Å². The number of pyridine rings is 5. The Morgan fingerprint density at radius 1 is 0.627 bits per heavy atom. The van der Waals surface area contributed by atoms with Gasteiger partial charge in [-0.05, 0) is 131 Å². The molecule has 0 bridgehead atoms. The van der Waals surface area contributed by atoms with Gasteiger partial charge in [-0.3, -0.25) is 24.1 Å². The number of nitrogens with zero attached hydrogens (tertiary/aromatic N) is 5. The van der Waals surface area contributed by atoms with Crippen molar-refractivity contribution in [1.82, 2.24) is 24.3 Å². The fraction of sp³-hybridized carbons (Fsp3) is 0.0377. The van der Waals surface area contributed by atoms with Crippen LogP contribution in [0, 0.1) is 0 Å². The smallest absolute Gasteiger partial charge is 0.263 e. The Morgan fingerprint density at radius 3 is 1.95 bits per heavy atom. The number of hydrogen-bond donors (Lipinski definition) is 0. The molecule has 3 aromatic carbocycles. The van der Waals surface area contributed by atoms with Crippen LogP contribution in [-0.2, 0) is 0 Å². The van der Waals surface area contributed by atoms with Gasteiger partial charge >= 0.3 is 0 Å². The summed E-state index contributed by atoms with van der Waals surface area (Å²) in [6, 6.07) is 40.3. The van der Waals surface area contributed by atoms with E-state index in [1.54, 1.807) is 18.5 Å². The molecule has 0 atom stereocenters. The summed E-state index contributed by atoms with van der Waals surface area (Å²) in [5.41, 5.74) is 12.2. The molecule has 6 aromatic heterocycles. The summed E-state index contributed by atoms with van der Waals surface area (Å²) in [5, 5.41) is 4.52. The van der Waals surface area contributed by atoms with E-state index >= 15 is 0 Å². The highest BCUT2D eigenvalue weighted by atomic mass is 16.1. The first kappa shape index (κ1) is 36.8. The molecule has 0 spiro atoms. The van der Waals surface area contributed by atoms with E-state index in [2.05, 4.69) is 103 Å². The maximum atomic E-state index is 14.8. The van der Waals surface area contributed by atoms with Crippen molar-refractivity contribution in [2.75, 3.05) is 0 Å². The van der Waals surface area contributed by atoms with Gasteiger partial charge in [-0.1, -0.05) is 98.1 Å². The average Bonchev–Trinajstić information content (AvgIpc) is 3.62. The van der Waals surface area contributed by atoms with E-state index in [-0.39, 0.29) is 5.56 Å². The topological polar surface area (TPSA) is 73.0 Å². The molecular formula is C53H39N5O. The molecule has 0 fully saturated rings. The molecule has 6 heterocycles. The lowest BCUT2D eigenvalue weighted by atomic mass is 9.91. The minimum Gasteiger partial charge on any atom is -0.275 e. The summed E-state index contributed by atoms with van der Waals surface area (Å²) in [4.78, 5) is 33.7. The third-order valence-corrected chi connectivity index (χ3v) is 10.8. The predicted molar refractivity (Wildman–Crippen MR) is 245 cm³/mol. The molecular weight excluding hydrogens is 723 g/mol. The van der Waals surface area contributed by atoms with E-state index in [1.807, 2.05) is 102 Å². The lowest BCUT2D eigenvalue weighted by Gasteiger charge is -2.14. The molecule has 59 heavy (non-hydrogen) atoms. The number of hydrogen-bond acceptors (Lipinski definition) is 5. The molecule has 0 unspecified atom stereocenters. The first-order valence-corrected chi connectivity index (χ1v) is 19.5. The Balaban J connectivity index is 1.31. The quantitative estimate of drug-likeness (QED) is 0.102. The Morgan fingerprint density at radius 2 is 1.29 bits per heavy atom. The molecule has 9 aromatic rings. The van der Waals surface area contributed by atoms with Crippen molar-refractivity contribution in [2.45, 2.75) is 13.8 Å². The first-order valence-electron chi connectivity index (χ1n) is 19.5. The molecule has 9 rings (SSSR count). The largest absolute Gasteiger partial charge is 0.275 e. The van der Waals surface area contributed by atoms with Crippen molar-refractivity contribution in [2.24, 2.45) is 0 Å². The van der Waals surface area contributed by atoms with Crippen LogP contribution in [0.5, 0.6) is 0 Å². The number of benzene rings is 3. The fourth-order valence-corrected chi connectivity index (χ4v) is 7.79. The molecule has 0 aliphatic rings. The Labute approximate surface area is 342 Å². The molecule has 6 nitrogen and oxygen atoms in total. The monoisotopic (exact) mass is 761 g/mol. The average molecular weight is 762 g/mol. The van der Waals surface area contributed by atoms with Crippen LogP contribution in [0.15, 0.2) is 205 Å². The summed E-state index contributed by atoms with van der Waals surface area (Å²) in [6.07, 6.45) is 17.3. The van der Waals surface area contributed by atoms with Crippen molar-refractivity contribution < 1.29 is 0 Å². The van der Waals surface area contributed by atoms with E-state index < -0.39 is 0 Å². The molecule has 0 amide bonds. The number of rotatable bonds is 10. The summed E-state index contributed by atoms with van der Waals surface area (Å²) in [6.45, 7) is 12.4. The van der Waals surface area contributed by atoms with Crippen molar-refractivity contribution in [3.63, 3.8) is 0 Å². The molecule has 282 valence electrons. The van der Waals surface area contributed by atoms with Gasteiger partial charge in [0.05, 0.1) is 39.5 Å². The lowest BCUT2D eigenvalue weighted by molar-refractivity contribution is 1.21. The van der Waals surface area contributed by atoms with Crippen LogP contribution >= 0.6 is 0 Å². The summed E-state index contributed by atoms with van der Waals surface area (Å²) in [5.74, 6) is 0. The molecule has 0 aliphatic carbocycles. The highest BCUT2D eigenvalue weighted by Gasteiger charge is 2.22. The van der Waals surface area contributed by atoms with Crippen LogP contribution in [0.25, 0.3) is 83.0 Å². The van der Waals surface area contributed by atoms with E-state index in [4.69, 9.17) is 4.98 Å². The third-order valence-electron chi connectivity index (χ3n) is 10.8. The summed E-state index contributed by atoms with van der Waals surface area (Å²) >= 11 is 0. The second kappa shape index (κ2) is 15.6. The maximum Gasteiger partial charge on any atom is 0.263 e. The molecule has 0 aliphatic heterocycles. The van der Waals surface area contributed by atoms with E-state index in [0.29, 0.717) is 5.39 Å². The van der Waals surface area contributed by atoms with Gasteiger partial charge in [0.2, 0.25) is 0 Å². The molecule has 0 N–H and O–H groups in total. The van der Waals surface area contributed by atoms with Crippen LogP contribution in [-0.4, -0.2) is 24.3 Å². The third kappa shape index (κ3) is 6.87. The lowest BCUT2D eigenvalue weighted by Crippen LogP contribution is -2.13. The SMILES string of the molecule is C=C/C=C\C=C(/C)C(=C)/C=C(\C=C(/C)c1ccccn1)c1ccc2c3ccc(-c4cc(-c5ccccn5)nc(-c5ccccn5)c4)cc3n3c(=O)c4ccccc4c1c23. The zero-order chi connectivity index (χ0) is 40.5. The van der Waals surface area contributed by atoms with Gasteiger partial charge in [0.1, 0.15) is 0 Å². The van der Waals surface area contributed by atoms with Crippen molar-refractivity contribution >= 4 is 49.1 Å². The number of fused-ring (bicyclic) bond motifs is 5. The summed E-state index contributed by atoms with van der Waals surface area (Å²) < 4.78 is 1.91. The van der Waals surface area contributed by atoms with Gasteiger partial charge in [0.25, 0.3) is 5.56 Å². The fourth-order valence-electron chi connectivity index (χ4n) is 7.79. The van der Waals surface area contributed by atoms with Gasteiger partial charge in [0, 0.05) is 40.1 Å². The van der Waals surface area contributed by atoms with Gasteiger partial charge in [0.15, 0.2) is 0 Å². The van der Waals surface area contributed by atoms with Crippen molar-refractivity contribution in [3.8, 4) is 33.9 Å². The molecule has 6 heteroatoms. The molecule has 0 saturated heterocycles. The minimum atomic E-state index is -0.0663. The number of aromatic nitrogens is 5. The maximum absolute atomic E-state index is 14.8. The Bertz CT molecular complexity index is 3210. The zero-order valence-corrected chi connectivity index (χ0v) is 32.8.